The predicted molar refractivity (Wildman–Crippen MR) is 82.3 cm³/mol. The molecule has 1 N–H and O–H groups in total. The maximum Gasteiger partial charge on any atom is 0.271 e. The van der Waals surface area contributed by atoms with Crippen LogP contribution in [0.1, 0.15) is 15.2 Å². The van der Waals surface area contributed by atoms with Crippen LogP contribution in [-0.2, 0) is 16.4 Å². The van der Waals surface area contributed by atoms with Gasteiger partial charge in [0, 0.05) is 12.2 Å². The Kier molecular flexibility index (Phi) is 3.75. The summed E-state index contributed by atoms with van der Waals surface area (Å²) >= 11 is 1.04. The molecule has 1 aliphatic rings. The second-order valence-electron chi connectivity index (χ2n) is 4.80. The van der Waals surface area contributed by atoms with E-state index in [1.807, 2.05) is 0 Å². The van der Waals surface area contributed by atoms with Gasteiger partial charge in [0.2, 0.25) is 10.0 Å². The number of carbonyl (C=O) groups is 1. The van der Waals surface area contributed by atoms with Crippen LogP contribution in [-0.4, -0.2) is 27.9 Å². The molecule has 116 valence electrons. The normalized spacial score (nSPS) is 14.2. The smallest absolute Gasteiger partial charge is 0.271 e. The summed E-state index contributed by atoms with van der Waals surface area (Å²) in [7, 11) is -2.26. The maximum absolute atomic E-state index is 13.6. The van der Waals surface area contributed by atoms with Gasteiger partial charge in [0.25, 0.3) is 5.91 Å². The number of halogens is 1. The number of sulfonamides is 1. The lowest BCUT2D eigenvalue weighted by Crippen LogP contribution is -2.29. The highest BCUT2D eigenvalue weighted by molar-refractivity contribution is 7.89. The molecule has 1 aliphatic heterocycles. The summed E-state index contributed by atoms with van der Waals surface area (Å²) in [4.78, 5) is 14.0. The van der Waals surface area contributed by atoms with Gasteiger partial charge in [-0.05, 0) is 42.6 Å². The lowest BCUT2D eigenvalue weighted by molar-refractivity contribution is 0.0990. The second-order valence-corrected chi connectivity index (χ2v) is 7.61. The lowest BCUT2D eigenvalue weighted by Gasteiger charge is -2.17. The largest absolute Gasteiger partial charge is 0.307 e. The van der Waals surface area contributed by atoms with Crippen LogP contribution in [0.3, 0.4) is 0 Å². The number of rotatable bonds is 3. The molecule has 2 heterocycles. The minimum atomic E-state index is -3.59. The summed E-state index contributed by atoms with van der Waals surface area (Å²) in [6, 6.07) is 5.90. The number of nitrogens with zero attached hydrogens (tertiary/aromatic N) is 1. The van der Waals surface area contributed by atoms with E-state index in [4.69, 9.17) is 0 Å². The monoisotopic (exact) mass is 340 g/mol. The zero-order chi connectivity index (χ0) is 15.9. The number of fused-ring (bicyclic) bond motifs is 1. The zero-order valence-electron chi connectivity index (χ0n) is 11.7. The molecule has 5 nitrogen and oxygen atoms in total. The first-order valence-electron chi connectivity index (χ1n) is 6.55. The van der Waals surface area contributed by atoms with Crippen molar-refractivity contribution in [3.05, 3.63) is 45.9 Å². The van der Waals surface area contributed by atoms with Gasteiger partial charge in [-0.1, -0.05) is 6.07 Å². The summed E-state index contributed by atoms with van der Waals surface area (Å²) in [5.74, 6) is -0.993. The Morgan fingerprint density at radius 2 is 2.14 bits per heavy atom. The summed E-state index contributed by atoms with van der Waals surface area (Å²) in [5.41, 5.74) is 1.40. The number of benzene rings is 1. The van der Waals surface area contributed by atoms with Crippen molar-refractivity contribution in [2.75, 3.05) is 18.5 Å². The Bertz CT molecular complexity index is 846. The first kappa shape index (κ1) is 15.1. The van der Waals surface area contributed by atoms with Gasteiger partial charge in [-0.15, -0.1) is 11.3 Å². The van der Waals surface area contributed by atoms with Gasteiger partial charge < -0.3 is 4.90 Å². The van der Waals surface area contributed by atoms with Crippen molar-refractivity contribution in [3.63, 3.8) is 0 Å². The van der Waals surface area contributed by atoms with Gasteiger partial charge in [-0.25, -0.2) is 17.5 Å². The molecule has 22 heavy (non-hydrogen) atoms. The molecule has 0 saturated carbocycles. The van der Waals surface area contributed by atoms with Gasteiger partial charge in [0.05, 0.1) is 4.90 Å². The number of nitrogens with one attached hydrogen (secondary N) is 1. The molecule has 1 aromatic carbocycles. The Hall–Kier alpha value is -1.77. The molecule has 0 saturated heterocycles. The average Bonchev–Trinajstić information content (AvgIpc) is 3.12. The van der Waals surface area contributed by atoms with Crippen LogP contribution in [0.2, 0.25) is 0 Å². The van der Waals surface area contributed by atoms with Crippen LogP contribution in [0.15, 0.2) is 34.5 Å². The highest BCUT2D eigenvalue weighted by atomic mass is 32.2. The molecule has 8 heteroatoms. The lowest BCUT2D eigenvalue weighted by atomic mass is 10.2. The number of hydrogen-bond acceptors (Lipinski definition) is 4. The fourth-order valence-electron chi connectivity index (χ4n) is 2.42. The Morgan fingerprint density at radius 3 is 2.77 bits per heavy atom. The van der Waals surface area contributed by atoms with Crippen LogP contribution in [0, 0.1) is 5.82 Å². The summed E-state index contributed by atoms with van der Waals surface area (Å²) in [5, 5.41) is 1.52. The van der Waals surface area contributed by atoms with E-state index in [1.54, 1.807) is 6.07 Å². The predicted octanol–water partition coefficient (Wildman–Crippen LogP) is 2.00. The SMILES string of the molecule is CNS(=O)(=O)c1ccc2c(c1)N(C(=O)c1sccc1F)CC2. The number of anilines is 1. The molecule has 2 aromatic rings. The van der Waals surface area contributed by atoms with Gasteiger partial charge >= 0.3 is 0 Å². The highest BCUT2D eigenvalue weighted by Crippen LogP contribution is 2.32. The Morgan fingerprint density at radius 1 is 1.36 bits per heavy atom. The van der Waals surface area contributed by atoms with Gasteiger partial charge in [0.15, 0.2) is 0 Å². The van der Waals surface area contributed by atoms with E-state index in [0.29, 0.717) is 18.7 Å². The van der Waals surface area contributed by atoms with Crippen molar-refractivity contribution in [1.82, 2.24) is 4.72 Å². The number of thiophene rings is 1. The molecule has 0 bridgehead atoms. The minimum Gasteiger partial charge on any atom is -0.307 e. The van der Waals surface area contributed by atoms with E-state index in [2.05, 4.69) is 4.72 Å². The molecular weight excluding hydrogens is 327 g/mol. The van der Waals surface area contributed by atoms with Crippen molar-refractivity contribution < 1.29 is 17.6 Å². The summed E-state index contributed by atoms with van der Waals surface area (Å²) in [6.07, 6.45) is 0.619. The van der Waals surface area contributed by atoms with E-state index in [1.165, 1.54) is 35.5 Å². The van der Waals surface area contributed by atoms with Crippen LogP contribution >= 0.6 is 11.3 Å². The molecule has 0 radical (unpaired) electrons. The third-order valence-electron chi connectivity index (χ3n) is 3.59. The van der Waals surface area contributed by atoms with Crippen LogP contribution in [0.25, 0.3) is 0 Å². The third kappa shape index (κ3) is 2.43. The summed E-state index contributed by atoms with van der Waals surface area (Å²) < 4.78 is 39.6. The number of hydrogen-bond donors (Lipinski definition) is 1. The Balaban J connectivity index is 2.02. The van der Waals surface area contributed by atoms with E-state index in [9.17, 15) is 17.6 Å². The van der Waals surface area contributed by atoms with Gasteiger partial charge in [0.1, 0.15) is 10.7 Å². The number of amides is 1. The molecule has 0 unspecified atom stereocenters. The molecule has 3 rings (SSSR count). The van der Waals surface area contributed by atoms with E-state index in [0.717, 1.165) is 16.9 Å². The van der Waals surface area contributed by atoms with E-state index < -0.39 is 21.7 Å². The summed E-state index contributed by atoms with van der Waals surface area (Å²) in [6.45, 7) is 0.411. The highest BCUT2D eigenvalue weighted by Gasteiger charge is 2.29. The first-order chi connectivity index (χ1) is 10.4. The molecule has 0 aliphatic carbocycles. The maximum atomic E-state index is 13.6. The molecule has 0 atom stereocenters. The molecule has 0 spiro atoms. The van der Waals surface area contributed by atoms with Gasteiger partial charge in [-0.2, -0.15) is 0 Å². The van der Waals surface area contributed by atoms with Crippen molar-refractivity contribution in [1.29, 1.82) is 0 Å². The van der Waals surface area contributed by atoms with Gasteiger partial charge in [-0.3, -0.25) is 4.79 Å². The van der Waals surface area contributed by atoms with Crippen molar-refractivity contribution in [3.8, 4) is 0 Å². The third-order valence-corrected chi connectivity index (χ3v) is 5.88. The molecule has 0 fully saturated rings. The second kappa shape index (κ2) is 5.45. The van der Waals surface area contributed by atoms with Crippen molar-refractivity contribution in [2.24, 2.45) is 0 Å². The Labute approximate surface area is 131 Å². The van der Waals surface area contributed by atoms with E-state index in [-0.39, 0.29) is 9.77 Å². The van der Waals surface area contributed by atoms with Crippen LogP contribution in [0.4, 0.5) is 10.1 Å². The van der Waals surface area contributed by atoms with Crippen LogP contribution < -0.4 is 9.62 Å². The minimum absolute atomic E-state index is 0.0368. The quantitative estimate of drug-likeness (QED) is 0.929. The molecule has 1 aromatic heterocycles. The zero-order valence-corrected chi connectivity index (χ0v) is 13.3. The fourth-order valence-corrected chi connectivity index (χ4v) is 3.89. The number of carbonyl (C=O) groups excluding carboxylic acids is 1. The molecule has 1 amide bonds. The standard InChI is InChI=1S/C14H13FN2O3S2/c1-16-22(19,20)10-3-2-9-4-6-17(12(9)8-10)14(18)13-11(15)5-7-21-13/h2-3,5,7-8,16H,4,6H2,1H3. The first-order valence-corrected chi connectivity index (χ1v) is 8.91. The molecular formula is C14H13FN2O3S2. The van der Waals surface area contributed by atoms with Crippen LogP contribution in [0.5, 0.6) is 0 Å². The van der Waals surface area contributed by atoms with Crippen molar-refractivity contribution >= 4 is 33.0 Å². The van der Waals surface area contributed by atoms with E-state index >= 15 is 0 Å². The average molecular weight is 340 g/mol. The van der Waals surface area contributed by atoms with Crippen molar-refractivity contribution in [2.45, 2.75) is 11.3 Å². The fraction of sp³-hybridized carbons (Fsp3) is 0.214. The topological polar surface area (TPSA) is 66.5 Å².